The molecule has 2 N–H and O–H groups in total. The highest BCUT2D eigenvalue weighted by Gasteiger charge is 2.35. The van der Waals surface area contributed by atoms with Gasteiger partial charge in [0.05, 0.1) is 10.6 Å². The van der Waals surface area contributed by atoms with Crippen LogP contribution in [0.1, 0.15) is 30.5 Å². The second-order valence-electron chi connectivity index (χ2n) is 7.96. The van der Waals surface area contributed by atoms with Crippen LogP contribution in [0.4, 0.5) is 5.69 Å². The lowest BCUT2D eigenvalue weighted by molar-refractivity contribution is -0.120. The first kappa shape index (κ1) is 26.0. The molecule has 1 heterocycles. The molecular formula is C27H27Cl2N3OS. The van der Waals surface area contributed by atoms with Crippen molar-refractivity contribution in [3.8, 4) is 0 Å². The molecule has 2 aromatic carbocycles. The minimum absolute atomic E-state index is 0.180. The average Bonchev–Trinajstić information content (AvgIpc) is 3.08. The van der Waals surface area contributed by atoms with Crippen molar-refractivity contribution in [2.45, 2.75) is 27.7 Å². The van der Waals surface area contributed by atoms with Crippen molar-refractivity contribution in [1.82, 2.24) is 4.90 Å². The van der Waals surface area contributed by atoms with Gasteiger partial charge in [-0.05, 0) is 92.1 Å². The number of nitrogens with two attached hydrogens (primary N) is 1. The maximum atomic E-state index is 13.6. The molecule has 0 saturated carbocycles. The van der Waals surface area contributed by atoms with E-state index in [1.807, 2.05) is 76.3 Å². The van der Waals surface area contributed by atoms with Gasteiger partial charge in [-0.1, -0.05) is 59.6 Å². The van der Waals surface area contributed by atoms with Crippen LogP contribution in [0.2, 0.25) is 10.0 Å². The summed E-state index contributed by atoms with van der Waals surface area (Å²) in [5, 5.41) is 1.79. The van der Waals surface area contributed by atoms with E-state index >= 15 is 0 Å². The van der Waals surface area contributed by atoms with Gasteiger partial charge in [0.25, 0.3) is 5.91 Å². The Morgan fingerprint density at radius 1 is 1.15 bits per heavy atom. The Balaban J connectivity index is 2.13. The maximum Gasteiger partial charge on any atom is 0.271 e. The number of carbonyl (C=O) groups excluding carboxylic acids is 1. The second kappa shape index (κ2) is 11.2. The van der Waals surface area contributed by atoms with Crippen molar-refractivity contribution in [2.24, 2.45) is 10.7 Å². The number of thioether (sulfide) groups is 1. The van der Waals surface area contributed by atoms with Gasteiger partial charge in [0.1, 0.15) is 0 Å². The highest BCUT2D eigenvalue weighted by atomic mass is 35.5. The van der Waals surface area contributed by atoms with Gasteiger partial charge in [-0.25, -0.2) is 4.99 Å². The molecule has 1 saturated heterocycles. The number of nitrogens with zero attached hydrogens (tertiary/aromatic N) is 2. The lowest BCUT2D eigenvalue weighted by Gasteiger charge is -2.18. The van der Waals surface area contributed by atoms with Crippen LogP contribution in [-0.4, -0.2) is 22.5 Å². The molecule has 1 aliphatic rings. The number of hydrogen-bond donors (Lipinski definition) is 1. The Labute approximate surface area is 215 Å². The molecule has 1 aliphatic heterocycles. The number of halogens is 2. The summed E-state index contributed by atoms with van der Waals surface area (Å²) in [6.07, 6.45) is 5.57. The third-order valence-corrected chi connectivity index (χ3v) is 7.11. The van der Waals surface area contributed by atoms with Crippen LogP contribution in [0.5, 0.6) is 0 Å². The quantitative estimate of drug-likeness (QED) is 0.321. The minimum atomic E-state index is -0.180. The van der Waals surface area contributed by atoms with Gasteiger partial charge in [-0.15, -0.1) is 0 Å². The summed E-state index contributed by atoms with van der Waals surface area (Å²) < 4.78 is 0. The van der Waals surface area contributed by atoms with Crippen LogP contribution in [0, 0.1) is 13.8 Å². The van der Waals surface area contributed by atoms with E-state index < -0.39 is 0 Å². The molecule has 0 spiro atoms. The van der Waals surface area contributed by atoms with E-state index in [-0.39, 0.29) is 5.91 Å². The van der Waals surface area contributed by atoms with E-state index in [1.54, 1.807) is 11.0 Å². The standard InChI is InChI=1S/C27H27Cl2N3OS/c1-6-22(13-20(15-30)16(2)3)32-26(33)25(12-19-9-7-17(4)23(28)11-19)34-27(32)31-21-10-8-18(5)24(29)14-21/h6-14H,2,15,30H2,1,3-5H3/b20-13-,22-6+,25-12-,31-27?. The van der Waals surface area contributed by atoms with Crippen molar-refractivity contribution in [3.63, 3.8) is 0 Å². The molecule has 0 radical (unpaired) electrons. The minimum Gasteiger partial charge on any atom is -0.326 e. The van der Waals surface area contributed by atoms with Gasteiger partial charge in [0.15, 0.2) is 5.17 Å². The van der Waals surface area contributed by atoms with Gasteiger partial charge in [-0.3, -0.25) is 9.69 Å². The molecule has 0 atom stereocenters. The molecule has 7 heteroatoms. The van der Waals surface area contributed by atoms with Crippen molar-refractivity contribution >= 4 is 57.8 Å². The molecule has 1 fully saturated rings. The van der Waals surface area contributed by atoms with Crippen LogP contribution < -0.4 is 5.73 Å². The molecule has 176 valence electrons. The normalized spacial score (nSPS) is 17.3. The largest absolute Gasteiger partial charge is 0.326 e. The van der Waals surface area contributed by atoms with E-state index in [9.17, 15) is 4.79 Å². The zero-order valence-corrected chi connectivity index (χ0v) is 22.0. The number of rotatable bonds is 6. The summed E-state index contributed by atoms with van der Waals surface area (Å²) >= 11 is 13.9. The van der Waals surface area contributed by atoms with Crippen LogP contribution >= 0.6 is 35.0 Å². The third kappa shape index (κ3) is 5.91. The van der Waals surface area contributed by atoms with Gasteiger partial charge in [0.2, 0.25) is 0 Å². The molecule has 34 heavy (non-hydrogen) atoms. The third-order valence-electron chi connectivity index (χ3n) is 5.32. The SMILES string of the molecule is C=C(C)/C(=C\C(=C/C)N1C(=O)/C(=C/c2ccc(C)c(Cl)c2)SC1=Nc1ccc(C)c(Cl)c1)CN. The van der Waals surface area contributed by atoms with Gasteiger partial charge < -0.3 is 5.73 Å². The van der Waals surface area contributed by atoms with Crippen molar-refractivity contribution in [1.29, 1.82) is 0 Å². The number of aliphatic imine (C=N–C) groups is 1. The zero-order chi connectivity index (χ0) is 25.0. The summed E-state index contributed by atoms with van der Waals surface area (Å²) in [6.45, 7) is 11.9. The average molecular weight is 513 g/mol. The maximum absolute atomic E-state index is 13.6. The first-order valence-corrected chi connectivity index (χ1v) is 12.3. The van der Waals surface area contributed by atoms with Gasteiger partial charge in [0, 0.05) is 22.3 Å². The van der Waals surface area contributed by atoms with E-state index in [0.29, 0.717) is 38.0 Å². The first-order chi connectivity index (χ1) is 16.1. The van der Waals surface area contributed by atoms with Crippen molar-refractivity contribution in [2.75, 3.05) is 6.54 Å². The van der Waals surface area contributed by atoms with Crippen LogP contribution in [0.15, 0.2) is 81.9 Å². The Kier molecular flexibility index (Phi) is 8.61. The molecule has 0 bridgehead atoms. The van der Waals surface area contributed by atoms with Gasteiger partial charge in [-0.2, -0.15) is 0 Å². The van der Waals surface area contributed by atoms with E-state index in [0.717, 1.165) is 27.8 Å². The Bertz CT molecular complexity index is 1270. The summed E-state index contributed by atoms with van der Waals surface area (Å²) in [7, 11) is 0. The number of amidine groups is 1. The predicted octanol–water partition coefficient (Wildman–Crippen LogP) is 7.58. The molecule has 0 aliphatic carbocycles. The monoisotopic (exact) mass is 511 g/mol. The number of hydrogen-bond acceptors (Lipinski definition) is 4. The van der Waals surface area contributed by atoms with Crippen LogP contribution in [-0.2, 0) is 4.79 Å². The molecule has 0 aromatic heterocycles. The Hall–Kier alpha value is -2.57. The number of amides is 1. The second-order valence-corrected chi connectivity index (χ2v) is 9.78. The molecule has 0 unspecified atom stereocenters. The molecular weight excluding hydrogens is 485 g/mol. The fourth-order valence-electron chi connectivity index (χ4n) is 3.20. The fourth-order valence-corrected chi connectivity index (χ4v) is 4.57. The van der Waals surface area contributed by atoms with E-state index in [4.69, 9.17) is 33.9 Å². The number of aryl methyl sites for hydroxylation is 2. The lowest BCUT2D eigenvalue weighted by Crippen LogP contribution is -2.28. The smallest absolute Gasteiger partial charge is 0.271 e. The molecule has 2 aromatic rings. The highest BCUT2D eigenvalue weighted by molar-refractivity contribution is 8.18. The van der Waals surface area contributed by atoms with Gasteiger partial charge >= 0.3 is 0 Å². The summed E-state index contributed by atoms with van der Waals surface area (Å²) in [5.74, 6) is -0.180. The molecule has 1 amide bonds. The number of carbonyl (C=O) groups is 1. The Morgan fingerprint density at radius 3 is 2.35 bits per heavy atom. The zero-order valence-electron chi connectivity index (χ0n) is 19.7. The fraction of sp³-hybridized carbons (Fsp3) is 0.185. The number of allylic oxidation sites excluding steroid dienone is 2. The Morgan fingerprint density at radius 2 is 1.79 bits per heavy atom. The summed E-state index contributed by atoms with van der Waals surface area (Å²) in [4.78, 5) is 20.5. The topological polar surface area (TPSA) is 58.7 Å². The van der Waals surface area contributed by atoms with Crippen molar-refractivity contribution < 1.29 is 4.79 Å². The molecule has 3 rings (SSSR count). The predicted molar refractivity (Wildman–Crippen MR) is 148 cm³/mol. The lowest BCUT2D eigenvalue weighted by atomic mass is 10.1. The highest BCUT2D eigenvalue weighted by Crippen LogP contribution is 2.38. The molecule has 4 nitrogen and oxygen atoms in total. The van der Waals surface area contributed by atoms with Crippen LogP contribution in [0.25, 0.3) is 6.08 Å². The van der Waals surface area contributed by atoms with Crippen LogP contribution in [0.3, 0.4) is 0 Å². The number of benzene rings is 2. The summed E-state index contributed by atoms with van der Waals surface area (Å²) in [5.41, 5.74) is 11.7. The van der Waals surface area contributed by atoms with Crippen molar-refractivity contribution in [3.05, 3.63) is 104 Å². The van der Waals surface area contributed by atoms with E-state index in [2.05, 4.69) is 6.58 Å². The first-order valence-electron chi connectivity index (χ1n) is 10.7. The van der Waals surface area contributed by atoms with E-state index in [1.165, 1.54) is 11.8 Å². The summed E-state index contributed by atoms with van der Waals surface area (Å²) in [6, 6.07) is 11.3.